The minimum Gasteiger partial charge on any atom is -0.496 e. The summed E-state index contributed by atoms with van der Waals surface area (Å²) in [6.45, 7) is 2.01. The number of hydrogen-bond acceptors (Lipinski definition) is 3. The average molecular weight is 222 g/mol. The van der Waals surface area contributed by atoms with Gasteiger partial charge in [0.15, 0.2) is 0 Å². The number of nitrogens with two attached hydrogens (primary N) is 1. The number of aryl methyl sites for hydroxylation is 2. The Morgan fingerprint density at radius 2 is 2.25 bits per heavy atom. The highest BCUT2D eigenvalue weighted by Gasteiger charge is 2.02. The zero-order valence-corrected chi connectivity index (χ0v) is 9.75. The van der Waals surface area contributed by atoms with Crippen molar-refractivity contribution in [3.8, 4) is 5.75 Å². The number of carbonyl (C=O) groups excluding carboxylic acids is 1. The van der Waals surface area contributed by atoms with Crippen LogP contribution in [0, 0.1) is 6.92 Å². The number of amides is 1. The van der Waals surface area contributed by atoms with E-state index in [4.69, 9.17) is 10.6 Å². The van der Waals surface area contributed by atoms with Gasteiger partial charge in [-0.25, -0.2) is 5.84 Å². The predicted octanol–water partition coefficient (Wildman–Crippen LogP) is 1.32. The number of carbonyl (C=O) groups is 1. The monoisotopic (exact) mass is 222 g/mol. The molecule has 0 fully saturated rings. The summed E-state index contributed by atoms with van der Waals surface area (Å²) in [5, 5.41) is 0. The lowest BCUT2D eigenvalue weighted by molar-refractivity contribution is -0.121. The van der Waals surface area contributed by atoms with Crippen molar-refractivity contribution in [1.29, 1.82) is 0 Å². The van der Waals surface area contributed by atoms with E-state index < -0.39 is 0 Å². The van der Waals surface area contributed by atoms with Crippen molar-refractivity contribution in [1.82, 2.24) is 5.43 Å². The van der Waals surface area contributed by atoms with E-state index in [1.807, 2.05) is 19.1 Å². The zero-order valence-electron chi connectivity index (χ0n) is 9.75. The second-order valence-corrected chi connectivity index (χ2v) is 3.73. The Kier molecular flexibility index (Phi) is 4.79. The summed E-state index contributed by atoms with van der Waals surface area (Å²) < 4.78 is 5.18. The topological polar surface area (TPSA) is 64.3 Å². The molecule has 1 aromatic carbocycles. The van der Waals surface area contributed by atoms with Gasteiger partial charge in [0.25, 0.3) is 0 Å². The van der Waals surface area contributed by atoms with Crippen molar-refractivity contribution >= 4 is 5.91 Å². The molecule has 0 saturated heterocycles. The highest BCUT2D eigenvalue weighted by Crippen LogP contribution is 2.19. The molecule has 1 aromatic rings. The van der Waals surface area contributed by atoms with Crippen LogP contribution in [0.15, 0.2) is 18.2 Å². The standard InChI is InChI=1S/C12H18N2O2/c1-9-8-10(6-7-11(9)16-2)4-3-5-12(15)14-13/h6-8H,3-5,13H2,1-2H3,(H,14,15). The van der Waals surface area contributed by atoms with E-state index in [1.165, 1.54) is 5.56 Å². The van der Waals surface area contributed by atoms with Crippen LogP contribution in [0.4, 0.5) is 0 Å². The molecule has 0 radical (unpaired) electrons. The Hall–Kier alpha value is -1.55. The lowest BCUT2D eigenvalue weighted by Crippen LogP contribution is -2.29. The number of hydrogen-bond donors (Lipinski definition) is 2. The fraction of sp³-hybridized carbons (Fsp3) is 0.417. The van der Waals surface area contributed by atoms with Crippen LogP contribution in [-0.2, 0) is 11.2 Å². The van der Waals surface area contributed by atoms with Crippen LogP contribution in [0.2, 0.25) is 0 Å². The van der Waals surface area contributed by atoms with Crippen molar-refractivity contribution in [3.05, 3.63) is 29.3 Å². The molecular weight excluding hydrogens is 204 g/mol. The average Bonchev–Trinajstić information content (AvgIpc) is 2.29. The van der Waals surface area contributed by atoms with E-state index in [0.717, 1.165) is 24.2 Å². The molecule has 0 saturated carbocycles. The van der Waals surface area contributed by atoms with E-state index in [9.17, 15) is 4.79 Å². The first-order chi connectivity index (χ1) is 7.67. The molecule has 0 unspecified atom stereocenters. The largest absolute Gasteiger partial charge is 0.496 e. The molecule has 0 atom stereocenters. The Balaban J connectivity index is 2.49. The molecule has 1 rings (SSSR count). The molecule has 0 aromatic heterocycles. The van der Waals surface area contributed by atoms with Gasteiger partial charge in [0.1, 0.15) is 5.75 Å². The van der Waals surface area contributed by atoms with Gasteiger partial charge in [0.05, 0.1) is 7.11 Å². The van der Waals surface area contributed by atoms with Crippen molar-refractivity contribution in [2.75, 3.05) is 7.11 Å². The molecular formula is C12H18N2O2. The van der Waals surface area contributed by atoms with Gasteiger partial charge in [-0.1, -0.05) is 12.1 Å². The van der Waals surface area contributed by atoms with Gasteiger partial charge in [-0.15, -0.1) is 0 Å². The smallest absolute Gasteiger partial charge is 0.233 e. The van der Waals surface area contributed by atoms with Gasteiger partial charge >= 0.3 is 0 Å². The van der Waals surface area contributed by atoms with E-state index in [1.54, 1.807) is 7.11 Å². The number of hydrazine groups is 1. The number of methoxy groups -OCH3 is 1. The van der Waals surface area contributed by atoms with E-state index in [-0.39, 0.29) is 5.91 Å². The molecule has 16 heavy (non-hydrogen) atoms. The van der Waals surface area contributed by atoms with Crippen molar-refractivity contribution in [2.24, 2.45) is 5.84 Å². The molecule has 4 nitrogen and oxygen atoms in total. The van der Waals surface area contributed by atoms with Gasteiger partial charge in [0, 0.05) is 6.42 Å². The van der Waals surface area contributed by atoms with Gasteiger partial charge in [-0.05, 0) is 37.0 Å². The van der Waals surface area contributed by atoms with Crippen LogP contribution in [0.5, 0.6) is 5.75 Å². The first kappa shape index (κ1) is 12.5. The molecule has 0 aliphatic heterocycles. The van der Waals surface area contributed by atoms with Crippen LogP contribution >= 0.6 is 0 Å². The predicted molar refractivity (Wildman–Crippen MR) is 63.0 cm³/mol. The molecule has 0 spiro atoms. The zero-order chi connectivity index (χ0) is 12.0. The minimum absolute atomic E-state index is 0.120. The summed E-state index contributed by atoms with van der Waals surface area (Å²) in [6.07, 6.45) is 2.13. The lowest BCUT2D eigenvalue weighted by atomic mass is 10.1. The summed E-state index contributed by atoms with van der Waals surface area (Å²) in [4.78, 5) is 10.9. The first-order valence-electron chi connectivity index (χ1n) is 5.30. The summed E-state index contributed by atoms with van der Waals surface area (Å²) in [7, 11) is 1.66. The van der Waals surface area contributed by atoms with Crippen molar-refractivity contribution in [3.63, 3.8) is 0 Å². The maximum absolute atomic E-state index is 10.9. The molecule has 3 N–H and O–H groups in total. The van der Waals surface area contributed by atoms with E-state index >= 15 is 0 Å². The van der Waals surface area contributed by atoms with E-state index in [2.05, 4.69) is 11.5 Å². The number of benzene rings is 1. The summed E-state index contributed by atoms with van der Waals surface area (Å²) >= 11 is 0. The summed E-state index contributed by atoms with van der Waals surface area (Å²) in [5.41, 5.74) is 4.45. The van der Waals surface area contributed by atoms with Crippen molar-refractivity contribution in [2.45, 2.75) is 26.2 Å². The summed E-state index contributed by atoms with van der Waals surface area (Å²) in [6, 6.07) is 6.05. The van der Waals surface area contributed by atoms with Crippen LogP contribution in [0.25, 0.3) is 0 Å². The molecule has 0 bridgehead atoms. The Morgan fingerprint density at radius 3 is 2.81 bits per heavy atom. The maximum Gasteiger partial charge on any atom is 0.233 e. The molecule has 0 aliphatic carbocycles. The molecule has 88 valence electrons. The lowest BCUT2D eigenvalue weighted by Gasteiger charge is -2.07. The van der Waals surface area contributed by atoms with E-state index in [0.29, 0.717) is 6.42 Å². The van der Waals surface area contributed by atoms with Gasteiger partial charge in [-0.2, -0.15) is 0 Å². The highest BCUT2D eigenvalue weighted by atomic mass is 16.5. The molecule has 4 heteroatoms. The Morgan fingerprint density at radius 1 is 1.50 bits per heavy atom. The third kappa shape index (κ3) is 3.55. The van der Waals surface area contributed by atoms with Crippen LogP contribution in [0.3, 0.4) is 0 Å². The maximum atomic E-state index is 10.9. The third-order valence-corrected chi connectivity index (χ3v) is 2.49. The molecule has 1 amide bonds. The van der Waals surface area contributed by atoms with Crippen LogP contribution in [0.1, 0.15) is 24.0 Å². The fourth-order valence-electron chi connectivity index (χ4n) is 1.62. The number of rotatable bonds is 5. The first-order valence-corrected chi connectivity index (χ1v) is 5.30. The fourth-order valence-corrected chi connectivity index (χ4v) is 1.62. The molecule has 0 heterocycles. The summed E-state index contributed by atoms with van der Waals surface area (Å²) in [5.74, 6) is 5.77. The van der Waals surface area contributed by atoms with Gasteiger partial charge in [-0.3, -0.25) is 10.2 Å². The second kappa shape index (κ2) is 6.12. The number of ether oxygens (including phenoxy) is 1. The SMILES string of the molecule is COc1ccc(CCCC(=O)NN)cc1C. The number of nitrogens with one attached hydrogen (secondary N) is 1. The van der Waals surface area contributed by atoms with Crippen LogP contribution in [-0.4, -0.2) is 13.0 Å². The van der Waals surface area contributed by atoms with Crippen LogP contribution < -0.4 is 16.0 Å². The third-order valence-electron chi connectivity index (χ3n) is 2.49. The quantitative estimate of drug-likeness (QED) is 0.448. The Labute approximate surface area is 95.8 Å². The van der Waals surface area contributed by atoms with Crippen molar-refractivity contribution < 1.29 is 9.53 Å². The molecule has 0 aliphatic rings. The second-order valence-electron chi connectivity index (χ2n) is 3.73. The normalized spacial score (nSPS) is 9.94. The Bertz CT molecular complexity index is 364. The van der Waals surface area contributed by atoms with Gasteiger partial charge in [0.2, 0.25) is 5.91 Å². The minimum atomic E-state index is -0.120. The highest BCUT2D eigenvalue weighted by molar-refractivity contribution is 5.75. The van der Waals surface area contributed by atoms with Gasteiger partial charge < -0.3 is 4.74 Å².